The van der Waals surface area contributed by atoms with E-state index in [1.54, 1.807) is 29.5 Å². The largest absolute Gasteiger partial charge is 0.454 e. The maximum Gasteiger partial charge on any atom is 0.251 e. The quantitative estimate of drug-likeness (QED) is 0.645. The van der Waals surface area contributed by atoms with Crippen LogP contribution in [0.15, 0.2) is 41.8 Å². The minimum atomic E-state index is -0.0604. The van der Waals surface area contributed by atoms with E-state index in [1.165, 1.54) is 17.0 Å². The fraction of sp³-hybridized carbons (Fsp3) is 0.417. The molecular formula is C24H26N4O3S. The van der Waals surface area contributed by atoms with Crippen molar-refractivity contribution in [3.63, 3.8) is 0 Å². The van der Waals surface area contributed by atoms with Crippen molar-refractivity contribution in [3.8, 4) is 22.1 Å². The van der Waals surface area contributed by atoms with E-state index in [0.717, 1.165) is 25.2 Å². The minimum Gasteiger partial charge on any atom is -0.454 e. The first-order chi connectivity index (χ1) is 15.7. The monoisotopic (exact) mass is 450 g/mol. The van der Waals surface area contributed by atoms with Crippen LogP contribution < -0.4 is 14.8 Å². The predicted molar refractivity (Wildman–Crippen MR) is 122 cm³/mol. The zero-order valence-electron chi connectivity index (χ0n) is 18.0. The van der Waals surface area contributed by atoms with Crippen LogP contribution in [0.1, 0.15) is 34.8 Å². The number of benzene rings is 1. The second kappa shape index (κ2) is 7.94. The number of amides is 1. The number of carbonyl (C=O) groups is 1. The van der Waals surface area contributed by atoms with Crippen molar-refractivity contribution in [2.24, 2.45) is 13.0 Å². The summed E-state index contributed by atoms with van der Waals surface area (Å²) in [5, 5.41) is 10.0. The summed E-state index contributed by atoms with van der Waals surface area (Å²) in [4.78, 5) is 16.5. The Hall–Kier alpha value is -2.84. The van der Waals surface area contributed by atoms with E-state index in [0.29, 0.717) is 41.5 Å². The number of piperidine rings is 3. The van der Waals surface area contributed by atoms with Crippen molar-refractivity contribution in [1.29, 1.82) is 0 Å². The Labute approximate surface area is 190 Å². The lowest BCUT2D eigenvalue weighted by Gasteiger charge is -2.50. The topological polar surface area (TPSA) is 68.6 Å². The summed E-state index contributed by atoms with van der Waals surface area (Å²) in [6, 6.07) is 12.2. The molecule has 3 aromatic rings. The third-order valence-electron chi connectivity index (χ3n) is 7.08. The Morgan fingerprint density at radius 3 is 2.97 bits per heavy atom. The summed E-state index contributed by atoms with van der Waals surface area (Å²) >= 11 is 1.73. The van der Waals surface area contributed by atoms with Crippen molar-refractivity contribution in [3.05, 3.63) is 53.0 Å². The molecule has 4 aliphatic rings. The van der Waals surface area contributed by atoms with Crippen molar-refractivity contribution in [2.75, 3.05) is 26.4 Å². The summed E-state index contributed by atoms with van der Waals surface area (Å²) in [6.07, 6.45) is 2.31. The number of fused-ring (bicyclic) bond motifs is 4. The van der Waals surface area contributed by atoms with Gasteiger partial charge in [-0.1, -0.05) is 6.07 Å². The highest BCUT2D eigenvalue weighted by molar-refractivity contribution is 7.13. The molecule has 6 heterocycles. The molecule has 166 valence electrons. The summed E-state index contributed by atoms with van der Waals surface area (Å²) in [5.41, 5.74) is 3.01. The van der Waals surface area contributed by atoms with Gasteiger partial charge in [0, 0.05) is 43.4 Å². The number of hydrogen-bond donors (Lipinski definition) is 1. The van der Waals surface area contributed by atoms with Gasteiger partial charge in [-0.2, -0.15) is 5.10 Å². The van der Waals surface area contributed by atoms with E-state index in [4.69, 9.17) is 14.6 Å². The molecule has 0 saturated carbocycles. The average Bonchev–Trinajstić information content (AvgIpc) is 3.57. The number of nitrogens with zero attached hydrogens (tertiary/aromatic N) is 3. The van der Waals surface area contributed by atoms with Gasteiger partial charge < -0.3 is 14.8 Å². The van der Waals surface area contributed by atoms with Crippen LogP contribution in [0, 0.1) is 5.92 Å². The van der Waals surface area contributed by atoms with Crippen LogP contribution in [0.4, 0.5) is 0 Å². The fourth-order valence-corrected chi connectivity index (χ4v) is 6.09. The van der Waals surface area contributed by atoms with Gasteiger partial charge in [-0.15, -0.1) is 11.3 Å². The minimum absolute atomic E-state index is 0.0604. The highest BCUT2D eigenvalue weighted by atomic mass is 32.1. The number of aromatic nitrogens is 2. The molecule has 4 atom stereocenters. The molecule has 1 N–H and O–H groups in total. The Morgan fingerprint density at radius 1 is 1.25 bits per heavy atom. The molecule has 0 radical (unpaired) electrons. The number of nitrogens with one attached hydrogen (secondary N) is 1. The zero-order valence-corrected chi connectivity index (χ0v) is 18.8. The maximum atomic E-state index is 12.7. The van der Waals surface area contributed by atoms with Gasteiger partial charge in [0.2, 0.25) is 6.79 Å². The van der Waals surface area contributed by atoms with Crippen LogP contribution in [0.25, 0.3) is 10.6 Å². The fourth-order valence-electron chi connectivity index (χ4n) is 5.41. The lowest BCUT2D eigenvalue weighted by atomic mass is 9.74. The van der Waals surface area contributed by atoms with Gasteiger partial charge in [-0.05, 0) is 61.0 Å². The normalized spacial score (nSPS) is 25.8. The molecule has 4 aliphatic heterocycles. The molecule has 32 heavy (non-hydrogen) atoms. The van der Waals surface area contributed by atoms with Crippen LogP contribution >= 0.6 is 11.3 Å². The molecule has 1 unspecified atom stereocenters. The zero-order chi connectivity index (χ0) is 21.7. The molecule has 2 aromatic heterocycles. The Bertz CT molecular complexity index is 1140. The third kappa shape index (κ3) is 3.47. The highest BCUT2D eigenvalue weighted by Crippen LogP contribution is 2.42. The first-order valence-corrected chi connectivity index (χ1v) is 12.0. The van der Waals surface area contributed by atoms with E-state index in [2.05, 4.69) is 45.5 Å². The first-order valence-electron chi connectivity index (χ1n) is 11.2. The lowest BCUT2D eigenvalue weighted by molar-refractivity contribution is 0.0280. The van der Waals surface area contributed by atoms with E-state index in [1.807, 2.05) is 0 Å². The van der Waals surface area contributed by atoms with Gasteiger partial charge >= 0.3 is 0 Å². The summed E-state index contributed by atoms with van der Waals surface area (Å²) in [7, 11) is 2.06. The molecule has 3 fully saturated rings. The van der Waals surface area contributed by atoms with Crippen LogP contribution in [0.5, 0.6) is 11.5 Å². The van der Waals surface area contributed by atoms with Crippen molar-refractivity contribution in [2.45, 2.75) is 24.8 Å². The Morgan fingerprint density at radius 2 is 2.16 bits per heavy atom. The number of hydrogen-bond acceptors (Lipinski definition) is 6. The second-order valence-electron chi connectivity index (χ2n) is 8.87. The Kier molecular flexibility index (Phi) is 4.91. The third-order valence-corrected chi connectivity index (χ3v) is 7.97. The van der Waals surface area contributed by atoms with E-state index < -0.39 is 0 Å². The SMILES string of the molecule is Cn1nc(-c2cccs2)cc1[C@H]1CN2CC[C@H]1C[C@@H]2CNC(=O)c1ccc2c(c1)OCO2. The van der Waals surface area contributed by atoms with Gasteiger partial charge in [-0.3, -0.25) is 14.4 Å². The number of carbonyl (C=O) groups excluding carboxylic acids is 1. The van der Waals surface area contributed by atoms with Crippen molar-refractivity contribution in [1.82, 2.24) is 20.0 Å². The van der Waals surface area contributed by atoms with Gasteiger partial charge in [0.1, 0.15) is 5.69 Å². The molecule has 1 amide bonds. The number of thiophene rings is 1. The van der Waals surface area contributed by atoms with Crippen LogP contribution in [-0.2, 0) is 7.05 Å². The molecule has 2 bridgehead atoms. The predicted octanol–water partition coefficient (Wildman–Crippen LogP) is 3.49. The van der Waals surface area contributed by atoms with Crippen molar-refractivity contribution < 1.29 is 14.3 Å². The highest BCUT2D eigenvalue weighted by Gasteiger charge is 2.42. The maximum absolute atomic E-state index is 12.7. The molecule has 1 aromatic carbocycles. The second-order valence-corrected chi connectivity index (χ2v) is 9.82. The van der Waals surface area contributed by atoms with E-state index in [9.17, 15) is 4.79 Å². The summed E-state index contributed by atoms with van der Waals surface area (Å²) in [5.74, 6) is 2.39. The standard InChI is InChI=1S/C24H26N4O3S/c1-27-20(11-19(26-27)23-3-2-8-32-23)18-13-28-7-6-15(18)9-17(28)12-25-24(29)16-4-5-21-22(10-16)31-14-30-21/h2-5,8,10-11,15,17-18H,6-7,9,12-14H2,1H3,(H,25,29)/t15-,17+,18-/m0/s1. The van der Waals surface area contributed by atoms with Crippen LogP contribution in [0.3, 0.4) is 0 Å². The lowest BCUT2D eigenvalue weighted by Crippen LogP contribution is -2.56. The number of ether oxygens (including phenoxy) is 2. The van der Waals surface area contributed by atoms with E-state index in [-0.39, 0.29) is 12.7 Å². The van der Waals surface area contributed by atoms with Crippen molar-refractivity contribution >= 4 is 17.2 Å². The molecule has 7 nitrogen and oxygen atoms in total. The molecule has 7 rings (SSSR count). The molecular weight excluding hydrogens is 424 g/mol. The van der Waals surface area contributed by atoms with Gasteiger partial charge in [0.05, 0.1) is 4.88 Å². The molecule has 3 saturated heterocycles. The number of aryl methyl sites for hydroxylation is 1. The molecule has 0 spiro atoms. The smallest absolute Gasteiger partial charge is 0.251 e. The van der Waals surface area contributed by atoms with Gasteiger partial charge in [0.25, 0.3) is 5.91 Å². The van der Waals surface area contributed by atoms with Crippen LogP contribution in [0.2, 0.25) is 0 Å². The molecule has 8 heteroatoms. The van der Waals surface area contributed by atoms with Crippen LogP contribution in [-0.4, -0.2) is 53.1 Å². The van der Waals surface area contributed by atoms with Gasteiger partial charge in [0.15, 0.2) is 11.5 Å². The number of rotatable bonds is 5. The van der Waals surface area contributed by atoms with E-state index >= 15 is 0 Å². The summed E-state index contributed by atoms with van der Waals surface area (Å²) in [6.45, 7) is 3.01. The Balaban J connectivity index is 1.11. The summed E-state index contributed by atoms with van der Waals surface area (Å²) < 4.78 is 12.8. The average molecular weight is 451 g/mol. The first kappa shape index (κ1) is 19.8. The van der Waals surface area contributed by atoms with Gasteiger partial charge in [-0.25, -0.2) is 0 Å². The molecule has 0 aliphatic carbocycles.